The predicted molar refractivity (Wildman–Crippen MR) is 111 cm³/mol. The first kappa shape index (κ1) is 19.9. The lowest BCUT2D eigenvalue weighted by Crippen LogP contribution is -2.37. The molecule has 7 nitrogen and oxygen atoms in total. The van der Waals surface area contributed by atoms with Crippen LogP contribution in [0.15, 0.2) is 41.5 Å². The van der Waals surface area contributed by atoms with Crippen molar-refractivity contribution < 1.29 is 4.79 Å². The van der Waals surface area contributed by atoms with Crippen LogP contribution in [0, 0.1) is 0 Å². The number of aryl methyl sites for hydroxylation is 1. The molecule has 0 atom stereocenters. The molecule has 1 aliphatic heterocycles. The van der Waals surface area contributed by atoms with Crippen molar-refractivity contribution in [3.8, 4) is 0 Å². The van der Waals surface area contributed by atoms with Gasteiger partial charge in [0.25, 0.3) is 5.91 Å². The summed E-state index contributed by atoms with van der Waals surface area (Å²) in [6, 6.07) is 9.79. The van der Waals surface area contributed by atoms with Gasteiger partial charge in [0.15, 0.2) is 5.96 Å². The molecule has 2 aromatic rings. The van der Waals surface area contributed by atoms with Crippen LogP contribution in [-0.2, 0) is 20.1 Å². The summed E-state index contributed by atoms with van der Waals surface area (Å²) in [5, 5.41) is 10.8. The zero-order valence-corrected chi connectivity index (χ0v) is 16.8. The van der Waals surface area contributed by atoms with Gasteiger partial charge in [-0.15, -0.1) is 0 Å². The Morgan fingerprint density at radius 2 is 1.86 bits per heavy atom. The normalized spacial score (nSPS) is 14.8. The molecule has 150 valence electrons. The number of nitrogens with zero attached hydrogens (tertiary/aromatic N) is 4. The topological polar surface area (TPSA) is 74.6 Å². The standard InChI is InChI=1S/C21H30N6O/c1-3-22-21(24-16-19-11-12-25-26(19)2)23-15-17-7-9-18(10-8-17)20(28)27-13-5-4-6-14-27/h7-12H,3-6,13-16H2,1-2H3,(H2,22,23,24). The molecule has 3 rings (SSSR count). The number of piperidine rings is 1. The summed E-state index contributed by atoms with van der Waals surface area (Å²) >= 11 is 0. The molecule has 1 aliphatic rings. The highest BCUT2D eigenvalue weighted by Crippen LogP contribution is 2.14. The molecule has 0 radical (unpaired) electrons. The van der Waals surface area contributed by atoms with Gasteiger partial charge in [0.05, 0.1) is 18.8 Å². The fraction of sp³-hybridized carbons (Fsp3) is 0.476. The summed E-state index contributed by atoms with van der Waals surface area (Å²) in [5.41, 5.74) is 2.93. The number of benzene rings is 1. The van der Waals surface area contributed by atoms with Crippen LogP contribution in [-0.4, -0.2) is 46.2 Å². The molecule has 1 amide bonds. The lowest BCUT2D eigenvalue weighted by atomic mass is 10.1. The van der Waals surface area contributed by atoms with Gasteiger partial charge in [0, 0.05) is 38.4 Å². The fourth-order valence-corrected chi connectivity index (χ4v) is 3.29. The summed E-state index contributed by atoms with van der Waals surface area (Å²) in [7, 11) is 1.92. The SMILES string of the molecule is CCNC(=NCc1ccc(C(=O)N2CCCCC2)cc1)NCc1ccnn1C. The quantitative estimate of drug-likeness (QED) is 0.594. The molecule has 1 aromatic heterocycles. The van der Waals surface area contributed by atoms with E-state index >= 15 is 0 Å². The maximum absolute atomic E-state index is 12.6. The average molecular weight is 383 g/mol. The molecule has 0 bridgehead atoms. The summed E-state index contributed by atoms with van der Waals surface area (Å²) < 4.78 is 1.84. The van der Waals surface area contributed by atoms with E-state index in [0.717, 1.165) is 55.3 Å². The van der Waals surface area contributed by atoms with Crippen molar-refractivity contribution in [3.63, 3.8) is 0 Å². The van der Waals surface area contributed by atoms with E-state index in [-0.39, 0.29) is 5.91 Å². The molecule has 2 heterocycles. The van der Waals surface area contributed by atoms with Crippen molar-refractivity contribution >= 4 is 11.9 Å². The Balaban J connectivity index is 1.57. The van der Waals surface area contributed by atoms with Crippen molar-refractivity contribution in [2.45, 2.75) is 39.3 Å². The number of rotatable bonds is 6. The highest BCUT2D eigenvalue weighted by Gasteiger charge is 2.17. The van der Waals surface area contributed by atoms with E-state index in [1.807, 2.05) is 53.9 Å². The van der Waals surface area contributed by atoms with Gasteiger partial charge in [0.2, 0.25) is 0 Å². The number of carbonyl (C=O) groups excluding carboxylic acids is 1. The second-order valence-electron chi connectivity index (χ2n) is 7.04. The van der Waals surface area contributed by atoms with Crippen LogP contribution >= 0.6 is 0 Å². The molecular weight excluding hydrogens is 352 g/mol. The van der Waals surface area contributed by atoms with Crippen LogP contribution in [0.2, 0.25) is 0 Å². The average Bonchev–Trinajstić information content (AvgIpc) is 3.15. The first-order valence-electron chi connectivity index (χ1n) is 10.0. The Kier molecular flexibility index (Phi) is 7.06. The summed E-state index contributed by atoms with van der Waals surface area (Å²) in [6.45, 7) is 5.80. The lowest BCUT2D eigenvalue weighted by molar-refractivity contribution is 0.0724. The summed E-state index contributed by atoms with van der Waals surface area (Å²) in [5.74, 6) is 0.901. The lowest BCUT2D eigenvalue weighted by Gasteiger charge is -2.26. The number of guanidine groups is 1. The number of aliphatic imine (C=N–C) groups is 1. The number of hydrogen-bond acceptors (Lipinski definition) is 3. The Morgan fingerprint density at radius 3 is 2.50 bits per heavy atom. The third-order valence-corrected chi connectivity index (χ3v) is 4.97. The summed E-state index contributed by atoms with van der Waals surface area (Å²) in [6.07, 6.45) is 5.23. The first-order valence-corrected chi connectivity index (χ1v) is 10.0. The molecular formula is C21H30N6O. The minimum Gasteiger partial charge on any atom is -0.357 e. The molecule has 7 heteroatoms. The Bertz CT molecular complexity index is 789. The van der Waals surface area contributed by atoms with Gasteiger partial charge < -0.3 is 15.5 Å². The highest BCUT2D eigenvalue weighted by molar-refractivity contribution is 5.94. The van der Waals surface area contributed by atoms with Gasteiger partial charge in [-0.25, -0.2) is 4.99 Å². The van der Waals surface area contributed by atoms with Gasteiger partial charge >= 0.3 is 0 Å². The van der Waals surface area contributed by atoms with E-state index in [2.05, 4.69) is 20.7 Å². The van der Waals surface area contributed by atoms with Crippen LogP contribution in [0.1, 0.15) is 47.8 Å². The van der Waals surface area contributed by atoms with Gasteiger partial charge in [-0.2, -0.15) is 5.10 Å². The Hall–Kier alpha value is -2.83. The molecule has 2 N–H and O–H groups in total. The van der Waals surface area contributed by atoms with Crippen molar-refractivity contribution in [2.24, 2.45) is 12.0 Å². The molecule has 0 unspecified atom stereocenters. The number of aromatic nitrogens is 2. The predicted octanol–water partition coefficient (Wildman–Crippen LogP) is 2.30. The van der Waals surface area contributed by atoms with E-state index in [9.17, 15) is 4.79 Å². The van der Waals surface area contributed by atoms with Crippen molar-refractivity contribution in [1.82, 2.24) is 25.3 Å². The maximum Gasteiger partial charge on any atom is 0.253 e. The molecule has 0 saturated carbocycles. The number of likely N-dealkylation sites (tertiary alicyclic amines) is 1. The number of hydrogen-bond donors (Lipinski definition) is 2. The first-order chi connectivity index (χ1) is 13.7. The summed E-state index contributed by atoms with van der Waals surface area (Å²) in [4.78, 5) is 19.2. The number of carbonyl (C=O) groups is 1. The zero-order valence-electron chi connectivity index (χ0n) is 16.8. The van der Waals surface area contributed by atoms with E-state index in [1.165, 1.54) is 6.42 Å². The van der Waals surface area contributed by atoms with Gasteiger partial charge in [-0.1, -0.05) is 12.1 Å². The fourth-order valence-electron chi connectivity index (χ4n) is 3.29. The highest BCUT2D eigenvalue weighted by atomic mass is 16.2. The van der Waals surface area contributed by atoms with Crippen LogP contribution in [0.4, 0.5) is 0 Å². The van der Waals surface area contributed by atoms with Crippen molar-refractivity contribution in [1.29, 1.82) is 0 Å². The maximum atomic E-state index is 12.6. The third-order valence-electron chi connectivity index (χ3n) is 4.97. The Labute approximate surface area is 166 Å². The zero-order chi connectivity index (χ0) is 19.8. The van der Waals surface area contributed by atoms with Gasteiger partial charge in [-0.05, 0) is 49.9 Å². The number of nitrogens with one attached hydrogen (secondary N) is 2. The monoisotopic (exact) mass is 382 g/mol. The molecule has 1 saturated heterocycles. The minimum atomic E-state index is 0.140. The second kappa shape index (κ2) is 9.92. The van der Waals surface area contributed by atoms with E-state index < -0.39 is 0 Å². The van der Waals surface area contributed by atoms with Crippen molar-refractivity contribution in [3.05, 3.63) is 53.3 Å². The molecule has 1 fully saturated rings. The van der Waals surface area contributed by atoms with E-state index in [4.69, 9.17) is 0 Å². The van der Waals surface area contributed by atoms with Gasteiger partial charge in [0.1, 0.15) is 0 Å². The smallest absolute Gasteiger partial charge is 0.253 e. The second-order valence-corrected chi connectivity index (χ2v) is 7.04. The van der Waals surface area contributed by atoms with Crippen LogP contribution < -0.4 is 10.6 Å². The van der Waals surface area contributed by atoms with Crippen LogP contribution in [0.5, 0.6) is 0 Å². The van der Waals surface area contributed by atoms with Gasteiger partial charge in [-0.3, -0.25) is 9.48 Å². The third kappa shape index (κ3) is 5.34. The Morgan fingerprint density at radius 1 is 1.11 bits per heavy atom. The molecule has 28 heavy (non-hydrogen) atoms. The molecule has 0 spiro atoms. The molecule has 0 aliphatic carbocycles. The van der Waals surface area contributed by atoms with Crippen LogP contribution in [0.3, 0.4) is 0 Å². The van der Waals surface area contributed by atoms with Crippen molar-refractivity contribution in [2.75, 3.05) is 19.6 Å². The largest absolute Gasteiger partial charge is 0.357 e. The van der Waals surface area contributed by atoms with Crippen LogP contribution in [0.25, 0.3) is 0 Å². The minimum absolute atomic E-state index is 0.140. The van der Waals surface area contributed by atoms with E-state index in [0.29, 0.717) is 13.1 Å². The van der Waals surface area contributed by atoms with E-state index in [1.54, 1.807) is 6.20 Å². The molecule has 1 aromatic carbocycles. The number of amides is 1.